The Hall–Kier alpha value is -3.44. The van der Waals surface area contributed by atoms with Gasteiger partial charge in [0.25, 0.3) is 0 Å². The Morgan fingerprint density at radius 1 is 1.16 bits per heavy atom. The molecule has 3 N–H and O–H groups in total. The lowest BCUT2D eigenvalue weighted by molar-refractivity contribution is -0.138. The van der Waals surface area contributed by atoms with Crippen molar-refractivity contribution >= 4 is 23.4 Å². The molecule has 0 saturated heterocycles. The largest absolute Gasteiger partial charge is 0.480 e. The van der Waals surface area contributed by atoms with Gasteiger partial charge in [0.05, 0.1) is 5.56 Å². The fourth-order valence-corrected chi connectivity index (χ4v) is 3.11. The van der Waals surface area contributed by atoms with Crippen LogP contribution in [-0.4, -0.2) is 31.2 Å². The summed E-state index contributed by atoms with van der Waals surface area (Å²) in [6, 6.07) is 10.2. The molecule has 1 atom stereocenters. The maximum Gasteiger partial charge on any atom is 0.416 e. The summed E-state index contributed by atoms with van der Waals surface area (Å²) in [6.07, 6.45) is -6.71. The molecule has 1 aromatic heterocycles. The van der Waals surface area contributed by atoms with Crippen LogP contribution >= 0.6 is 11.6 Å². The standard InChI is InChI=1S/C20H16ClF3N4O4/c21-14-6-4-12(5-7-14)18-26-28(19(32)27(18)10-16(30)31)17(25)15(29)9-11-2-1-3-13(8-11)20(22,23)24/h1-8,17H,9-10,25H2,(H,30,31). The molecule has 12 heteroatoms. The van der Waals surface area contributed by atoms with Gasteiger partial charge in [-0.3, -0.25) is 14.2 Å². The normalized spacial score (nSPS) is 12.5. The molecule has 3 rings (SSSR count). The zero-order valence-electron chi connectivity index (χ0n) is 16.2. The zero-order valence-corrected chi connectivity index (χ0v) is 17.0. The Kier molecular flexibility index (Phi) is 6.51. The summed E-state index contributed by atoms with van der Waals surface area (Å²) < 4.78 is 40.1. The SMILES string of the molecule is NC(C(=O)Cc1cccc(C(F)(F)F)c1)n1nc(-c2ccc(Cl)cc2)n(CC(=O)O)c1=O. The summed E-state index contributed by atoms with van der Waals surface area (Å²) >= 11 is 5.84. The van der Waals surface area contributed by atoms with Crippen molar-refractivity contribution in [2.75, 3.05) is 0 Å². The second-order valence-electron chi connectivity index (χ2n) is 6.82. The minimum Gasteiger partial charge on any atom is -0.480 e. The number of aliphatic carboxylic acids is 1. The number of rotatable bonds is 7. The van der Waals surface area contributed by atoms with Gasteiger partial charge in [-0.05, 0) is 35.9 Å². The first-order chi connectivity index (χ1) is 15.0. The number of ketones is 1. The Balaban J connectivity index is 1.94. The third-order valence-electron chi connectivity index (χ3n) is 4.51. The first-order valence-corrected chi connectivity index (χ1v) is 9.46. The summed E-state index contributed by atoms with van der Waals surface area (Å²) in [6.45, 7) is -0.745. The molecule has 0 fully saturated rings. The molecule has 0 aliphatic rings. The van der Waals surface area contributed by atoms with Crippen molar-refractivity contribution in [1.82, 2.24) is 14.3 Å². The highest BCUT2D eigenvalue weighted by Crippen LogP contribution is 2.29. The van der Waals surface area contributed by atoms with E-state index >= 15 is 0 Å². The van der Waals surface area contributed by atoms with Crippen LogP contribution in [0.1, 0.15) is 17.3 Å². The van der Waals surface area contributed by atoms with E-state index in [0.29, 0.717) is 15.3 Å². The summed E-state index contributed by atoms with van der Waals surface area (Å²) in [5.74, 6) is -2.17. The third kappa shape index (κ3) is 5.06. The third-order valence-corrected chi connectivity index (χ3v) is 4.76. The van der Waals surface area contributed by atoms with Crippen molar-refractivity contribution in [2.24, 2.45) is 5.73 Å². The summed E-state index contributed by atoms with van der Waals surface area (Å²) in [4.78, 5) is 36.6. The Labute approximate surface area is 183 Å². The molecule has 32 heavy (non-hydrogen) atoms. The van der Waals surface area contributed by atoms with Crippen LogP contribution in [0.4, 0.5) is 13.2 Å². The lowest BCUT2D eigenvalue weighted by Gasteiger charge is -2.11. The monoisotopic (exact) mass is 468 g/mol. The molecule has 2 aromatic carbocycles. The number of alkyl halides is 3. The average molecular weight is 469 g/mol. The molecule has 1 heterocycles. The molecule has 3 aromatic rings. The summed E-state index contributed by atoms with van der Waals surface area (Å²) in [7, 11) is 0. The van der Waals surface area contributed by atoms with Crippen LogP contribution in [0.5, 0.6) is 0 Å². The van der Waals surface area contributed by atoms with Gasteiger partial charge in [0.15, 0.2) is 17.8 Å². The van der Waals surface area contributed by atoms with Crippen LogP contribution in [0.2, 0.25) is 5.02 Å². The highest BCUT2D eigenvalue weighted by Gasteiger charge is 2.31. The zero-order chi connectivity index (χ0) is 23.6. The predicted octanol–water partition coefficient (Wildman–Crippen LogP) is 2.74. The van der Waals surface area contributed by atoms with Gasteiger partial charge in [0.2, 0.25) is 0 Å². The van der Waals surface area contributed by atoms with E-state index < -0.39 is 48.3 Å². The fraction of sp³-hybridized carbons (Fsp3) is 0.200. The number of carbonyl (C=O) groups excluding carboxylic acids is 1. The number of carbonyl (C=O) groups is 2. The van der Waals surface area contributed by atoms with Crippen molar-refractivity contribution in [2.45, 2.75) is 25.3 Å². The molecule has 0 aliphatic carbocycles. The van der Waals surface area contributed by atoms with E-state index in [1.807, 2.05) is 0 Å². The highest BCUT2D eigenvalue weighted by molar-refractivity contribution is 6.30. The molecule has 0 amide bonds. The van der Waals surface area contributed by atoms with Gasteiger partial charge in [0, 0.05) is 17.0 Å². The van der Waals surface area contributed by atoms with Crippen molar-refractivity contribution in [1.29, 1.82) is 0 Å². The molecule has 0 aliphatic heterocycles. The van der Waals surface area contributed by atoms with E-state index in [9.17, 15) is 27.6 Å². The molecule has 1 unspecified atom stereocenters. The van der Waals surface area contributed by atoms with Crippen molar-refractivity contribution in [3.8, 4) is 11.4 Å². The molecule has 0 saturated carbocycles. The first kappa shape index (κ1) is 23.2. The van der Waals surface area contributed by atoms with E-state index in [1.165, 1.54) is 30.3 Å². The maximum absolute atomic E-state index is 12.9. The smallest absolute Gasteiger partial charge is 0.416 e. The number of hydrogen-bond donors (Lipinski definition) is 2. The molecular formula is C20H16ClF3N4O4. The second-order valence-corrected chi connectivity index (χ2v) is 7.26. The molecule has 8 nitrogen and oxygen atoms in total. The van der Waals surface area contributed by atoms with E-state index in [-0.39, 0.29) is 11.4 Å². The number of Topliss-reactive ketones (excluding diaryl/α,β-unsaturated/α-hetero) is 1. The molecule has 0 radical (unpaired) electrons. The van der Waals surface area contributed by atoms with E-state index in [2.05, 4.69) is 5.10 Å². The van der Waals surface area contributed by atoms with Crippen LogP contribution in [-0.2, 0) is 28.7 Å². The number of carboxylic acids is 1. The number of benzene rings is 2. The summed E-state index contributed by atoms with van der Waals surface area (Å²) in [5, 5.41) is 13.6. The first-order valence-electron chi connectivity index (χ1n) is 9.09. The second kappa shape index (κ2) is 8.97. The van der Waals surface area contributed by atoms with Crippen LogP contribution in [0.3, 0.4) is 0 Å². The van der Waals surface area contributed by atoms with Crippen LogP contribution in [0.15, 0.2) is 53.3 Å². The fourth-order valence-electron chi connectivity index (χ4n) is 2.98. The van der Waals surface area contributed by atoms with Gasteiger partial charge in [-0.2, -0.15) is 17.9 Å². The predicted molar refractivity (Wildman–Crippen MR) is 108 cm³/mol. The molecular weight excluding hydrogens is 453 g/mol. The number of nitrogens with two attached hydrogens (primary N) is 1. The van der Waals surface area contributed by atoms with Gasteiger partial charge < -0.3 is 10.8 Å². The number of aromatic nitrogens is 3. The maximum atomic E-state index is 12.9. The van der Waals surface area contributed by atoms with Gasteiger partial charge in [-0.1, -0.05) is 29.8 Å². The summed E-state index contributed by atoms with van der Waals surface area (Å²) in [5.41, 5.74) is 4.39. The number of halogens is 4. The minimum absolute atomic E-state index is 0.0521. The van der Waals surface area contributed by atoms with Gasteiger partial charge in [-0.15, -0.1) is 5.10 Å². The van der Waals surface area contributed by atoms with Crippen molar-refractivity contribution < 1.29 is 27.9 Å². The number of carboxylic acid groups (broad SMARTS) is 1. The minimum atomic E-state index is -4.58. The Morgan fingerprint density at radius 2 is 1.81 bits per heavy atom. The molecule has 0 bridgehead atoms. The van der Waals surface area contributed by atoms with Crippen molar-refractivity contribution in [3.63, 3.8) is 0 Å². The van der Waals surface area contributed by atoms with Gasteiger partial charge in [-0.25, -0.2) is 4.79 Å². The van der Waals surface area contributed by atoms with Gasteiger partial charge in [0.1, 0.15) is 6.54 Å². The lowest BCUT2D eigenvalue weighted by atomic mass is 10.0. The van der Waals surface area contributed by atoms with E-state index in [4.69, 9.17) is 22.4 Å². The topological polar surface area (TPSA) is 120 Å². The number of nitrogens with zero attached hydrogens (tertiary/aromatic N) is 3. The van der Waals surface area contributed by atoms with E-state index in [1.54, 1.807) is 0 Å². The highest BCUT2D eigenvalue weighted by atomic mass is 35.5. The van der Waals surface area contributed by atoms with Crippen LogP contribution < -0.4 is 11.4 Å². The Morgan fingerprint density at radius 3 is 2.41 bits per heavy atom. The average Bonchev–Trinajstić information content (AvgIpc) is 3.03. The Bertz CT molecular complexity index is 1220. The van der Waals surface area contributed by atoms with E-state index in [0.717, 1.165) is 22.8 Å². The lowest BCUT2D eigenvalue weighted by Crippen LogP contribution is -2.38. The number of hydrogen-bond acceptors (Lipinski definition) is 5. The van der Waals surface area contributed by atoms with Crippen LogP contribution in [0.25, 0.3) is 11.4 Å². The quantitative estimate of drug-likeness (QED) is 0.550. The van der Waals surface area contributed by atoms with Crippen molar-refractivity contribution in [3.05, 3.63) is 75.2 Å². The molecule has 168 valence electrons. The molecule has 0 spiro atoms. The van der Waals surface area contributed by atoms with Crippen LogP contribution in [0, 0.1) is 0 Å². The van der Waals surface area contributed by atoms with Gasteiger partial charge >= 0.3 is 17.8 Å².